The highest BCUT2D eigenvalue weighted by Crippen LogP contribution is 2.26. The van der Waals surface area contributed by atoms with E-state index in [0.717, 1.165) is 24.5 Å². The normalized spacial score (nSPS) is 14.2. The molecular formula is C20H21N5O3. The number of benzene rings is 2. The topological polar surface area (TPSA) is 89.3 Å². The Labute approximate surface area is 161 Å². The maximum absolute atomic E-state index is 12.5. The van der Waals surface area contributed by atoms with Crippen molar-refractivity contribution in [2.45, 2.75) is 13.0 Å². The molecule has 2 aromatic carbocycles. The van der Waals surface area contributed by atoms with Gasteiger partial charge < -0.3 is 15.0 Å². The van der Waals surface area contributed by atoms with E-state index in [9.17, 15) is 9.59 Å². The molecule has 4 rings (SSSR count). The zero-order chi connectivity index (χ0) is 19.3. The number of para-hydroxylation sites is 2. The van der Waals surface area contributed by atoms with Gasteiger partial charge in [0.1, 0.15) is 5.52 Å². The van der Waals surface area contributed by atoms with Crippen LogP contribution in [0.25, 0.3) is 10.9 Å². The summed E-state index contributed by atoms with van der Waals surface area (Å²) >= 11 is 0. The van der Waals surface area contributed by atoms with Crippen LogP contribution in [0.1, 0.15) is 6.42 Å². The predicted molar refractivity (Wildman–Crippen MR) is 107 cm³/mol. The summed E-state index contributed by atoms with van der Waals surface area (Å²) in [7, 11) is 0. The maximum atomic E-state index is 12.5. The average molecular weight is 379 g/mol. The molecule has 0 radical (unpaired) electrons. The van der Waals surface area contributed by atoms with Gasteiger partial charge in [-0.1, -0.05) is 29.5 Å². The van der Waals surface area contributed by atoms with Crippen molar-refractivity contribution >= 4 is 28.2 Å². The third-order valence-electron chi connectivity index (χ3n) is 4.71. The second-order valence-electron chi connectivity index (χ2n) is 6.55. The van der Waals surface area contributed by atoms with Gasteiger partial charge in [-0.25, -0.2) is 4.68 Å². The minimum atomic E-state index is -0.243. The van der Waals surface area contributed by atoms with E-state index in [1.54, 1.807) is 24.3 Å². The fourth-order valence-corrected chi connectivity index (χ4v) is 3.25. The van der Waals surface area contributed by atoms with Gasteiger partial charge >= 0.3 is 0 Å². The molecule has 1 fully saturated rings. The predicted octanol–water partition coefficient (Wildman–Crippen LogP) is 1.66. The van der Waals surface area contributed by atoms with E-state index in [2.05, 4.69) is 20.5 Å². The molecule has 0 bridgehead atoms. The molecule has 28 heavy (non-hydrogen) atoms. The second-order valence-corrected chi connectivity index (χ2v) is 6.55. The largest absolute Gasteiger partial charge is 0.378 e. The minimum Gasteiger partial charge on any atom is -0.378 e. The van der Waals surface area contributed by atoms with Crippen molar-refractivity contribution < 1.29 is 9.53 Å². The van der Waals surface area contributed by atoms with Crippen molar-refractivity contribution in [1.82, 2.24) is 15.0 Å². The molecule has 1 N–H and O–H groups in total. The molecule has 0 saturated carbocycles. The van der Waals surface area contributed by atoms with E-state index in [1.807, 2.05) is 24.3 Å². The van der Waals surface area contributed by atoms with Crippen LogP contribution in [0.4, 0.5) is 11.4 Å². The molecular weight excluding hydrogens is 358 g/mol. The number of fused-ring (bicyclic) bond motifs is 1. The molecule has 0 unspecified atom stereocenters. The SMILES string of the molecule is O=C(CCn1nnc2ccccc2c1=O)Nc1ccccc1N1CCOCC1. The molecule has 1 aliphatic rings. The van der Waals surface area contributed by atoms with E-state index < -0.39 is 0 Å². The van der Waals surface area contributed by atoms with Crippen molar-refractivity contribution in [3.05, 3.63) is 58.9 Å². The lowest BCUT2D eigenvalue weighted by Gasteiger charge is -2.30. The first-order valence-corrected chi connectivity index (χ1v) is 9.26. The summed E-state index contributed by atoms with van der Waals surface area (Å²) in [6.45, 7) is 3.09. The highest BCUT2D eigenvalue weighted by molar-refractivity contribution is 5.94. The van der Waals surface area contributed by atoms with Crippen LogP contribution in [-0.2, 0) is 16.1 Å². The number of nitrogens with one attached hydrogen (secondary N) is 1. The van der Waals surface area contributed by atoms with Crippen LogP contribution in [0.5, 0.6) is 0 Å². The zero-order valence-corrected chi connectivity index (χ0v) is 15.4. The molecule has 1 aliphatic heterocycles. The summed E-state index contributed by atoms with van der Waals surface area (Å²) in [5.74, 6) is -0.178. The number of amides is 1. The Hall–Kier alpha value is -3.26. The number of anilines is 2. The van der Waals surface area contributed by atoms with Crippen LogP contribution < -0.4 is 15.8 Å². The van der Waals surface area contributed by atoms with Crippen molar-refractivity contribution in [2.24, 2.45) is 0 Å². The van der Waals surface area contributed by atoms with Crippen molar-refractivity contribution in [2.75, 3.05) is 36.5 Å². The number of aromatic nitrogens is 3. The molecule has 0 atom stereocenters. The van der Waals surface area contributed by atoms with Gasteiger partial charge in [-0.15, -0.1) is 5.10 Å². The van der Waals surface area contributed by atoms with Crippen LogP contribution in [0.3, 0.4) is 0 Å². The van der Waals surface area contributed by atoms with Crippen molar-refractivity contribution in [3.63, 3.8) is 0 Å². The van der Waals surface area contributed by atoms with Crippen molar-refractivity contribution in [3.8, 4) is 0 Å². The van der Waals surface area contributed by atoms with E-state index in [-0.39, 0.29) is 24.4 Å². The standard InChI is InChI=1S/C20H21N5O3/c26-19(9-10-25-20(27)15-5-1-2-6-16(15)22-23-25)21-17-7-3-4-8-18(17)24-11-13-28-14-12-24/h1-8H,9-14H2,(H,21,26). The number of aryl methyl sites for hydroxylation is 1. The third-order valence-corrected chi connectivity index (χ3v) is 4.71. The molecule has 0 aliphatic carbocycles. The zero-order valence-electron chi connectivity index (χ0n) is 15.4. The summed E-state index contributed by atoms with van der Waals surface area (Å²) in [5, 5.41) is 11.4. The van der Waals surface area contributed by atoms with E-state index in [4.69, 9.17) is 4.74 Å². The Kier molecular flexibility index (Phi) is 5.29. The van der Waals surface area contributed by atoms with Gasteiger partial charge in [0, 0.05) is 19.5 Å². The first-order chi connectivity index (χ1) is 13.7. The van der Waals surface area contributed by atoms with E-state index >= 15 is 0 Å². The fraction of sp³-hybridized carbons (Fsp3) is 0.300. The van der Waals surface area contributed by atoms with Crippen LogP contribution in [0.2, 0.25) is 0 Å². The van der Waals surface area contributed by atoms with Crippen LogP contribution in [0.15, 0.2) is 53.3 Å². The Morgan fingerprint density at radius 3 is 2.68 bits per heavy atom. The molecule has 8 heteroatoms. The number of hydrogen-bond acceptors (Lipinski definition) is 6. The number of rotatable bonds is 5. The van der Waals surface area contributed by atoms with E-state index in [0.29, 0.717) is 24.1 Å². The Balaban J connectivity index is 1.44. The van der Waals surface area contributed by atoms with Gasteiger partial charge in [-0.05, 0) is 24.3 Å². The summed E-state index contributed by atoms with van der Waals surface area (Å²) in [4.78, 5) is 27.1. The number of morpholine rings is 1. The third kappa shape index (κ3) is 3.86. The van der Waals surface area contributed by atoms with Gasteiger partial charge in [-0.2, -0.15) is 0 Å². The number of hydrogen-bond donors (Lipinski definition) is 1. The van der Waals surface area contributed by atoms with Crippen LogP contribution in [-0.4, -0.2) is 47.2 Å². The Morgan fingerprint density at radius 1 is 1.07 bits per heavy atom. The molecule has 1 saturated heterocycles. The van der Waals surface area contributed by atoms with Crippen LogP contribution in [0, 0.1) is 0 Å². The molecule has 1 amide bonds. The molecule has 3 aromatic rings. The number of ether oxygens (including phenoxy) is 1. The van der Waals surface area contributed by atoms with Gasteiger partial charge in [0.05, 0.1) is 36.5 Å². The number of carbonyl (C=O) groups excluding carboxylic acids is 1. The number of carbonyl (C=O) groups is 1. The summed E-state index contributed by atoms with van der Waals surface area (Å²) in [6.07, 6.45) is 0.129. The highest BCUT2D eigenvalue weighted by atomic mass is 16.5. The Morgan fingerprint density at radius 2 is 1.82 bits per heavy atom. The lowest BCUT2D eigenvalue weighted by atomic mass is 10.2. The molecule has 0 spiro atoms. The highest BCUT2D eigenvalue weighted by Gasteiger charge is 2.16. The minimum absolute atomic E-state index is 0.129. The average Bonchev–Trinajstić information content (AvgIpc) is 2.74. The molecule has 1 aromatic heterocycles. The molecule has 8 nitrogen and oxygen atoms in total. The maximum Gasteiger partial charge on any atom is 0.277 e. The molecule has 144 valence electrons. The lowest BCUT2D eigenvalue weighted by molar-refractivity contribution is -0.116. The number of nitrogens with zero attached hydrogens (tertiary/aromatic N) is 4. The monoisotopic (exact) mass is 379 g/mol. The summed E-state index contributed by atoms with van der Waals surface area (Å²) in [5.41, 5.74) is 2.04. The van der Waals surface area contributed by atoms with Crippen LogP contribution >= 0.6 is 0 Å². The fourth-order valence-electron chi connectivity index (χ4n) is 3.25. The van der Waals surface area contributed by atoms with Gasteiger partial charge in [0.2, 0.25) is 5.91 Å². The first kappa shape index (κ1) is 18.1. The lowest BCUT2D eigenvalue weighted by Crippen LogP contribution is -2.36. The van der Waals surface area contributed by atoms with Crippen molar-refractivity contribution in [1.29, 1.82) is 0 Å². The van der Waals surface area contributed by atoms with Gasteiger partial charge in [0.25, 0.3) is 5.56 Å². The summed E-state index contributed by atoms with van der Waals surface area (Å²) < 4.78 is 6.63. The summed E-state index contributed by atoms with van der Waals surface area (Å²) in [6, 6.07) is 14.7. The van der Waals surface area contributed by atoms with E-state index in [1.165, 1.54) is 4.68 Å². The first-order valence-electron chi connectivity index (χ1n) is 9.26. The Bertz CT molecular complexity index is 1040. The van der Waals surface area contributed by atoms with Gasteiger partial charge in [0.15, 0.2) is 0 Å². The molecule has 2 heterocycles. The van der Waals surface area contributed by atoms with Gasteiger partial charge in [-0.3, -0.25) is 9.59 Å². The second kappa shape index (κ2) is 8.18. The quantitative estimate of drug-likeness (QED) is 0.725. The smallest absolute Gasteiger partial charge is 0.277 e.